The first-order valence-corrected chi connectivity index (χ1v) is 3.37. The largest absolute Gasteiger partial charge is 0.353 e. The van der Waals surface area contributed by atoms with E-state index in [1.165, 1.54) is 0 Å². The van der Waals surface area contributed by atoms with Gasteiger partial charge in [-0.1, -0.05) is 0 Å². The van der Waals surface area contributed by atoms with Crippen LogP contribution in [0.2, 0.25) is 0 Å². The average Bonchev–Trinajstić information content (AvgIpc) is 2.19. The Morgan fingerprint density at radius 1 is 1.62 bits per heavy atom. The van der Waals surface area contributed by atoms with Crippen LogP contribution in [0.5, 0.6) is 0 Å². The fraction of sp³-hybridized carbons (Fsp3) is 1.00. The van der Waals surface area contributed by atoms with Gasteiger partial charge in [-0.3, -0.25) is 0 Å². The molecule has 0 aliphatic carbocycles. The summed E-state index contributed by atoms with van der Waals surface area (Å²) in [5, 5.41) is 0. The van der Waals surface area contributed by atoms with Crippen molar-refractivity contribution in [3.05, 3.63) is 0 Å². The van der Waals surface area contributed by atoms with E-state index in [-0.39, 0.29) is 0 Å². The Hall–Kier alpha value is 0.270. The van der Waals surface area contributed by atoms with Crippen molar-refractivity contribution >= 4 is 12.6 Å². The highest BCUT2D eigenvalue weighted by molar-refractivity contribution is 7.80. The van der Waals surface area contributed by atoms with Gasteiger partial charge < -0.3 is 9.47 Å². The van der Waals surface area contributed by atoms with Crippen molar-refractivity contribution in [2.45, 2.75) is 12.5 Å². The number of thiol groups is 1. The van der Waals surface area contributed by atoms with Gasteiger partial charge in [-0.05, 0) is 12.2 Å². The minimum atomic E-state index is 0.312. The Balaban J connectivity index is 2.06. The Morgan fingerprint density at radius 2 is 2.50 bits per heavy atom. The summed E-state index contributed by atoms with van der Waals surface area (Å²) < 4.78 is 10.1. The highest BCUT2D eigenvalue weighted by Gasteiger charge is 2.13. The lowest BCUT2D eigenvalue weighted by Gasteiger charge is -2.01. The van der Waals surface area contributed by atoms with Crippen LogP contribution in [-0.4, -0.2) is 25.3 Å². The van der Waals surface area contributed by atoms with Gasteiger partial charge in [0.1, 0.15) is 6.79 Å². The molecule has 0 saturated carbocycles. The molecule has 2 nitrogen and oxygen atoms in total. The molecule has 0 aromatic heterocycles. The van der Waals surface area contributed by atoms with Crippen LogP contribution in [-0.2, 0) is 9.47 Å². The monoisotopic (exact) mass is 134 g/mol. The van der Waals surface area contributed by atoms with Crippen molar-refractivity contribution in [3.8, 4) is 0 Å². The lowest BCUT2D eigenvalue weighted by atomic mass is 10.3. The first-order chi connectivity index (χ1) is 3.93. The molecule has 8 heavy (non-hydrogen) atoms. The molecule has 1 saturated heterocycles. The lowest BCUT2D eigenvalue weighted by molar-refractivity contribution is 0.0463. The van der Waals surface area contributed by atoms with Crippen LogP contribution < -0.4 is 0 Å². The maximum absolute atomic E-state index is 5.12. The van der Waals surface area contributed by atoms with Crippen LogP contribution in [0.1, 0.15) is 6.42 Å². The molecule has 1 aliphatic heterocycles. The molecule has 48 valence electrons. The van der Waals surface area contributed by atoms with Crippen LogP contribution in [0.15, 0.2) is 0 Å². The molecule has 0 bridgehead atoms. The van der Waals surface area contributed by atoms with Gasteiger partial charge in [0.2, 0.25) is 0 Å². The maximum Gasteiger partial charge on any atom is 0.147 e. The van der Waals surface area contributed by atoms with Gasteiger partial charge in [0, 0.05) is 0 Å². The van der Waals surface area contributed by atoms with E-state index in [1.54, 1.807) is 0 Å². The highest BCUT2D eigenvalue weighted by Crippen LogP contribution is 2.06. The van der Waals surface area contributed by atoms with E-state index in [0.29, 0.717) is 12.9 Å². The smallest absolute Gasteiger partial charge is 0.147 e. The number of ether oxygens (including phenoxy) is 2. The van der Waals surface area contributed by atoms with Crippen molar-refractivity contribution in [2.75, 3.05) is 19.2 Å². The van der Waals surface area contributed by atoms with Crippen LogP contribution in [0, 0.1) is 0 Å². The molecule has 0 spiro atoms. The number of hydrogen-bond acceptors (Lipinski definition) is 3. The summed E-state index contributed by atoms with van der Waals surface area (Å²) in [6.45, 7) is 1.22. The molecule has 0 aromatic rings. The topological polar surface area (TPSA) is 18.5 Å². The van der Waals surface area contributed by atoms with Crippen molar-refractivity contribution in [2.24, 2.45) is 0 Å². The molecule has 0 N–H and O–H groups in total. The van der Waals surface area contributed by atoms with Crippen molar-refractivity contribution in [1.82, 2.24) is 0 Å². The second-order valence-corrected chi connectivity index (χ2v) is 2.24. The van der Waals surface area contributed by atoms with Gasteiger partial charge in [0.25, 0.3) is 0 Å². The summed E-state index contributed by atoms with van der Waals surface area (Å²) in [6.07, 6.45) is 1.32. The Labute approximate surface area is 54.6 Å². The van der Waals surface area contributed by atoms with Gasteiger partial charge in [0.15, 0.2) is 0 Å². The lowest BCUT2D eigenvalue weighted by Crippen LogP contribution is -2.08. The summed E-state index contributed by atoms with van der Waals surface area (Å²) >= 11 is 4.06. The quantitative estimate of drug-likeness (QED) is 0.560. The van der Waals surface area contributed by atoms with Gasteiger partial charge >= 0.3 is 0 Å². The zero-order chi connectivity index (χ0) is 5.82. The molecule has 1 atom stereocenters. The fourth-order valence-corrected chi connectivity index (χ4v) is 0.971. The van der Waals surface area contributed by atoms with E-state index in [4.69, 9.17) is 9.47 Å². The van der Waals surface area contributed by atoms with Crippen molar-refractivity contribution in [1.29, 1.82) is 0 Å². The van der Waals surface area contributed by atoms with Crippen LogP contribution in [0.4, 0.5) is 0 Å². The van der Waals surface area contributed by atoms with E-state index < -0.39 is 0 Å². The molecule has 1 rings (SSSR count). The minimum absolute atomic E-state index is 0.312. The third-order valence-electron chi connectivity index (χ3n) is 1.14. The van der Waals surface area contributed by atoms with Crippen LogP contribution in [0.25, 0.3) is 0 Å². The van der Waals surface area contributed by atoms with Gasteiger partial charge in [-0.2, -0.15) is 12.6 Å². The number of rotatable bonds is 2. The maximum atomic E-state index is 5.12. The van der Waals surface area contributed by atoms with E-state index in [1.807, 2.05) is 0 Å². The van der Waals surface area contributed by atoms with E-state index in [2.05, 4.69) is 12.6 Å². The Kier molecular flexibility index (Phi) is 2.66. The normalized spacial score (nSPS) is 28.9. The molecular weight excluding hydrogens is 124 g/mol. The number of hydrogen-bond donors (Lipinski definition) is 1. The fourth-order valence-electron chi connectivity index (χ4n) is 0.683. The Morgan fingerprint density at radius 3 is 3.00 bits per heavy atom. The van der Waals surface area contributed by atoms with Crippen molar-refractivity contribution < 1.29 is 9.47 Å². The first kappa shape index (κ1) is 6.39. The second kappa shape index (κ2) is 3.33. The second-order valence-electron chi connectivity index (χ2n) is 1.79. The Bertz CT molecular complexity index is 61.4. The predicted molar refractivity (Wildman–Crippen MR) is 34.2 cm³/mol. The molecular formula is C5H10O2S. The summed E-state index contributed by atoms with van der Waals surface area (Å²) in [7, 11) is 0. The predicted octanol–water partition coefficient (Wildman–Crippen LogP) is 0.679. The van der Waals surface area contributed by atoms with E-state index in [9.17, 15) is 0 Å². The SMILES string of the molecule is SCCC1COCO1. The standard InChI is InChI=1S/C5H10O2S/c8-2-1-5-3-6-4-7-5/h5,8H,1-4H2. The third kappa shape index (κ3) is 1.65. The summed E-state index contributed by atoms with van der Waals surface area (Å²) in [5.74, 6) is 0.883. The average molecular weight is 134 g/mol. The van der Waals surface area contributed by atoms with Crippen LogP contribution >= 0.6 is 12.6 Å². The third-order valence-corrected chi connectivity index (χ3v) is 1.40. The molecule has 0 radical (unpaired) electrons. The molecule has 1 heterocycles. The molecule has 0 amide bonds. The zero-order valence-corrected chi connectivity index (χ0v) is 5.56. The molecule has 1 aliphatic rings. The molecule has 0 aromatic carbocycles. The minimum Gasteiger partial charge on any atom is -0.353 e. The van der Waals surface area contributed by atoms with Gasteiger partial charge in [-0.25, -0.2) is 0 Å². The zero-order valence-electron chi connectivity index (χ0n) is 4.67. The summed E-state index contributed by atoms with van der Waals surface area (Å²) in [6, 6.07) is 0. The molecule has 3 heteroatoms. The van der Waals surface area contributed by atoms with Crippen molar-refractivity contribution in [3.63, 3.8) is 0 Å². The van der Waals surface area contributed by atoms with E-state index >= 15 is 0 Å². The highest BCUT2D eigenvalue weighted by atomic mass is 32.1. The van der Waals surface area contributed by atoms with E-state index in [0.717, 1.165) is 18.8 Å². The summed E-state index contributed by atoms with van der Waals surface area (Å²) in [5.41, 5.74) is 0. The van der Waals surface area contributed by atoms with Gasteiger partial charge in [0.05, 0.1) is 12.7 Å². The van der Waals surface area contributed by atoms with Gasteiger partial charge in [-0.15, -0.1) is 0 Å². The molecule has 1 fully saturated rings. The summed E-state index contributed by atoms with van der Waals surface area (Å²) in [4.78, 5) is 0. The van der Waals surface area contributed by atoms with Crippen LogP contribution in [0.3, 0.4) is 0 Å². The molecule has 1 unspecified atom stereocenters. The first-order valence-electron chi connectivity index (χ1n) is 2.73.